The molecule has 5 nitrogen and oxygen atoms in total. The Kier molecular flexibility index (Phi) is 5.69. The van der Waals surface area contributed by atoms with E-state index in [-0.39, 0.29) is 11.8 Å². The van der Waals surface area contributed by atoms with Gasteiger partial charge in [-0.3, -0.25) is 9.59 Å². The van der Waals surface area contributed by atoms with Gasteiger partial charge in [0.05, 0.1) is 7.11 Å². The van der Waals surface area contributed by atoms with Gasteiger partial charge >= 0.3 is 0 Å². The van der Waals surface area contributed by atoms with Gasteiger partial charge in [-0.1, -0.05) is 12.1 Å². The maximum absolute atomic E-state index is 12.3. The quantitative estimate of drug-likeness (QED) is 0.839. The fraction of sp³-hybridized carbons (Fsp3) is 0.238. The van der Waals surface area contributed by atoms with Crippen molar-refractivity contribution in [2.24, 2.45) is 0 Å². The summed E-state index contributed by atoms with van der Waals surface area (Å²) in [5.41, 5.74) is 2.22. The minimum absolute atomic E-state index is 0.0554. The van der Waals surface area contributed by atoms with Crippen LogP contribution >= 0.6 is 0 Å². The topological polar surface area (TPSA) is 58.6 Å². The third kappa shape index (κ3) is 4.51. The summed E-state index contributed by atoms with van der Waals surface area (Å²) in [6.45, 7) is 1.65. The second-order valence-corrected chi connectivity index (χ2v) is 6.17. The molecule has 0 spiro atoms. The van der Waals surface area contributed by atoms with Crippen molar-refractivity contribution < 1.29 is 14.3 Å². The Hall–Kier alpha value is -3.08. The molecule has 2 aromatic carbocycles. The number of ether oxygens (including phenoxy) is 1. The Morgan fingerprint density at radius 2 is 1.65 bits per heavy atom. The second-order valence-electron chi connectivity index (χ2n) is 6.17. The molecular formula is C21H22N2O3. The molecule has 1 aliphatic heterocycles. The van der Waals surface area contributed by atoms with E-state index in [4.69, 9.17) is 4.74 Å². The van der Waals surface area contributed by atoms with Gasteiger partial charge in [-0.2, -0.15) is 0 Å². The minimum atomic E-state index is -0.223. The van der Waals surface area contributed by atoms with E-state index in [0.29, 0.717) is 11.3 Å². The Bertz CT molecular complexity index is 789. The van der Waals surface area contributed by atoms with Crippen LogP contribution in [-0.2, 0) is 4.79 Å². The van der Waals surface area contributed by atoms with E-state index in [2.05, 4.69) is 5.32 Å². The average molecular weight is 350 g/mol. The van der Waals surface area contributed by atoms with Crippen LogP contribution in [0.2, 0.25) is 0 Å². The molecule has 5 heteroatoms. The number of nitrogens with zero attached hydrogens (tertiary/aromatic N) is 1. The van der Waals surface area contributed by atoms with Crippen molar-refractivity contribution in [1.82, 2.24) is 4.90 Å². The molecule has 0 radical (unpaired) electrons. The van der Waals surface area contributed by atoms with Crippen LogP contribution in [0.4, 0.5) is 5.69 Å². The van der Waals surface area contributed by atoms with E-state index in [1.54, 1.807) is 37.5 Å². The first-order chi connectivity index (χ1) is 12.7. The lowest BCUT2D eigenvalue weighted by atomic mass is 10.1. The van der Waals surface area contributed by atoms with E-state index >= 15 is 0 Å². The maximum Gasteiger partial charge on any atom is 0.253 e. The lowest BCUT2D eigenvalue weighted by molar-refractivity contribution is -0.111. The maximum atomic E-state index is 12.3. The van der Waals surface area contributed by atoms with Gasteiger partial charge in [-0.25, -0.2) is 0 Å². The molecule has 0 atom stereocenters. The number of hydrogen-bond acceptors (Lipinski definition) is 3. The van der Waals surface area contributed by atoms with E-state index < -0.39 is 0 Å². The fourth-order valence-corrected chi connectivity index (χ4v) is 2.87. The van der Waals surface area contributed by atoms with Gasteiger partial charge in [0.1, 0.15) is 5.75 Å². The zero-order valence-corrected chi connectivity index (χ0v) is 14.8. The Labute approximate surface area is 153 Å². The van der Waals surface area contributed by atoms with Crippen LogP contribution in [-0.4, -0.2) is 36.9 Å². The van der Waals surface area contributed by atoms with E-state index in [9.17, 15) is 9.59 Å². The highest BCUT2D eigenvalue weighted by atomic mass is 16.5. The zero-order chi connectivity index (χ0) is 18.4. The largest absolute Gasteiger partial charge is 0.497 e. The number of rotatable bonds is 5. The smallest absolute Gasteiger partial charge is 0.253 e. The van der Waals surface area contributed by atoms with Crippen molar-refractivity contribution in [1.29, 1.82) is 0 Å². The fourth-order valence-electron chi connectivity index (χ4n) is 2.87. The highest BCUT2D eigenvalue weighted by Gasteiger charge is 2.19. The highest BCUT2D eigenvalue weighted by Crippen LogP contribution is 2.16. The molecule has 3 rings (SSSR count). The molecule has 1 saturated heterocycles. The highest BCUT2D eigenvalue weighted by molar-refractivity contribution is 6.02. The van der Waals surface area contributed by atoms with Crippen molar-refractivity contribution in [3.63, 3.8) is 0 Å². The van der Waals surface area contributed by atoms with Gasteiger partial charge in [-0.05, 0) is 60.9 Å². The molecular weight excluding hydrogens is 328 g/mol. The van der Waals surface area contributed by atoms with Gasteiger partial charge in [0.25, 0.3) is 5.91 Å². The average Bonchev–Trinajstić information content (AvgIpc) is 3.21. The molecule has 1 aliphatic rings. The van der Waals surface area contributed by atoms with E-state index in [0.717, 1.165) is 37.2 Å². The first kappa shape index (κ1) is 17.7. The predicted octanol–water partition coefficient (Wildman–Crippen LogP) is 3.58. The number of likely N-dealkylation sites (tertiary alicyclic amines) is 1. The number of carbonyl (C=O) groups excluding carboxylic acids is 2. The molecule has 134 valence electrons. The van der Waals surface area contributed by atoms with Gasteiger partial charge in [-0.15, -0.1) is 0 Å². The van der Waals surface area contributed by atoms with Crippen LogP contribution in [0.3, 0.4) is 0 Å². The predicted molar refractivity (Wildman–Crippen MR) is 102 cm³/mol. The minimum Gasteiger partial charge on any atom is -0.497 e. The number of benzene rings is 2. The molecule has 0 aliphatic carbocycles. The monoisotopic (exact) mass is 350 g/mol. The van der Waals surface area contributed by atoms with Crippen LogP contribution in [0.1, 0.15) is 28.8 Å². The molecule has 1 N–H and O–H groups in total. The van der Waals surface area contributed by atoms with Crippen LogP contribution in [0, 0.1) is 0 Å². The lowest BCUT2D eigenvalue weighted by Gasteiger charge is -2.15. The Balaban J connectivity index is 1.56. The summed E-state index contributed by atoms with van der Waals surface area (Å²) in [5.74, 6) is 0.606. The number of anilines is 1. The van der Waals surface area contributed by atoms with Crippen LogP contribution in [0.15, 0.2) is 54.6 Å². The first-order valence-corrected chi connectivity index (χ1v) is 8.68. The Morgan fingerprint density at radius 1 is 1.00 bits per heavy atom. The van der Waals surface area contributed by atoms with Gasteiger partial charge < -0.3 is 15.0 Å². The van der Waals surface area contributed by atoms with Crippen molar-refractivity contribution in [2.45, 2.75) is 12.8 Å². The number of nitrogens with one attached hydrogen (secondary N) is 1. The molecule has 1 fully saturated rings. The SMILES string of the molecule is COc1ccc(/C=C/C(=O)Nc2ccc(C(=O)N3CCCC3)cc2)cc1. The Morgan fingerprint density at radius 3 is 2.27 bits per heavy atom. The van der Waals surface area contributed by atoms with Gasteiger partial charge in [0.2, 0.25) is 5.91 Å². The number of carbonyl (C=O) groups is 2. The molecule has 0 bridgehead atoms. The molecule has 2 aromatic rings. The summed E-state index contributed by atoms with van der Waals surface area (Å²) < 4.78 is 5.10. The van der Waals surface area contributed by atoms with Gasteiger partial charge in [0.15, 0.2) is 0 Å². The summed E-state index contributed by atoms with van der Waals surface area (Å²) in [6, 6.07) is 14.4. The summed E-state index contributed by atoms with van der Waals surface area (Å²) in [5, 5.41) is 2.80. The third-order valence-corrected chi connectivity index (χ3v) is 4.34. The molecule has 0 aromatic heterocycles. The third-order valence-electron chi connectivity index (χ3n) is 4.34. The number of amides is 2. The van der Waals surface area contributed by atoms with Crippen molar-refractivity contribution in [3.05, 3.63) is 65.7 Å². The normalized spacial score (nSPS) is 13.8. The molecule has 2 amide bonds. The standard InChI is InChI=1S/C21H22N2O3/c1-26-19-11-4-16(5-12-19)6-13-20(24)22-18-9-7-17(8-10-18)21(25)23-14-2-3-15-23/h4-13H,2-3,14-15H2,1H3,(H,22,24)/b13-6+. The number of methoxy groups -OCH3 is 1. The molecule has 1 heterocycles. The summed E-state index contributed by atoms with van der Waals surface area (Å²) in [7, 11) is 1.61. The van der Waals surface area contributed by atoms with Crippen LogP contribution in [0.5, 0.6) is 5.75 Å². The summed E-state index contributed by atoms with van der Waals surface area (Å²) in [4.78, 5) is 26.2. The molecule has 26 heavy (non-hydrogen) atoms. The second kappa shape index (κ2) is 8.34. The van der Waals surface area contributed by atoms with Crippen molar-refractivity contribution in [2.75, 3.05) is 25.5 Å². The zero-order valence-electron chi connectivity index (χ0n) is 14.8. The molecule has 0 unspecified atom stereocenters. The van der Waals surface area contributed by atoms with E-state index in [1.807, 2.05) is 29.2 Å². The van der Waals surface area contributed by atoms with Crippen molar-refractivity contribution >= 4 is 23.6 Å². The lowest BCUT2D eigenvalue weighted by Crippen LogP contribution is -2.27. The van der Waals surface area contributed by atoms with Crippen LogP contribution < -0.4 is 10.1 Å². The first-order valence-electron chi connectivity index (χ1n) is 8.68. The van der Waals surface area contributed by atoms with Crippen molar-refractivity contribution in [3.8, 4) is 5.75 Å². The number of hydrogen-bond donors (Lipinski definition) is 1. The van der Waals surface area contributed by atoms with E-state index in [1.165, 1.54) is 6.08 Å². The molecule has 0 saturated carbocycles. The van der Waals surface area contributed by atoms with Gasteiger partial charge in [0, 0.05) is 30.4 Å². The summed E-state index contributed by atoms with van der Waals surface area (Å²) >= 11 is 0. The van der Waals surface area contributed by atoms with Crippen LogP contribution in [0.25, 0.3) is 6.08 Å². The summed E-state index contributed by atoms with van der Waals surface area (Å²) in [6.07, 6.45) is 5.35.